The van der Waals surface area contributed by atoms with E-state index >= 15 is 0 Å². The lowest BCUT2D eigenvalue weighted by atomic mass is 9.96. The number of aryl methyl sites for hydroxylation is 3. The van der Waals surface area contributed by atoms with Crippen molar-refractivity contribution in [1.82, 2.24) is 14.4 Å². The summed E-state index contributed by atoms with van der Waals surface area (Å²) in [6, 6.07) is 16.0. The number of rotatable bonds is 7. The van der Waals surface area contributed by atoms with Gasteiger partial charge in [-0.1, -0.05) is 48.9 Å². The summed E-state index contributed by atoms with van der Waals surface area (Å²) in [6.45, 7) is 8.41. The zero-order valence-electron chi connectivity index (χ0n) is 23.3. The normalized spacial score (nSPS) is 16.8. The van der Waals surface area contributed by atoms with Crippen molar-refractivity contribution in [2.45, 2.75) is 46.6 Å². The van der Waals surface area contributed by atoms with E-state index in [1.807, 2.05) is 68.4 Å². The minimum atomic E-state index is -0.916. The predicted molar refractivity (Wildman–Crippen MR) is 161 cm³/mol. The summed E-state index contributed by atoms with van der Waals surface area (Å²) in [5.74, 6) is -1.17. The highest BCUT2D eigenvalue weighted by Crippen LogP contribution is 2.45. The van der Waals surface area contributed by atoms with Gasteiger partial charge in [0.05, 0.1) is 34.1 Å². The monoisotopic (exact) mass is 566 g/mol. The Balaban J connectivity index is 1.57. The Labute approximate surface area is 241 Å². The fourth-order valence-corrected chi connectivity index (χ4v) is 6.61. The van der Waals surface area contributed by atoms with E-state index in [9.17, 15) is 14.7 Å². The van der Waals surface area contributed by atoms with Crippen LogP contribution in [-0.4, -0.2) is 37.8 Å². The van der Waals surface area contributed by atoms with E-state index in [1.165, 1.54) is 16.2 Å². The number of ketones is 1. The van der Waals surface area contributed by atoms with Crippen LogP contribution in [0.1, 0.15) is 53.9 Å². The Hall–Kier alpha value is -4.50. The second kappa shape index (κ2) is 10.5. The van der Waals surface area contributed by atoms with Gasteiger partial charge in [-0.25, -0.2) is 9.97 Å². The highest BCUT2D eigenvalue weighted by Gasteiger charge is 2.48. The van der Waals surface area contributed by atoms with Gasteiger partial charge in [-0.05, 0) is 74.2 Å². The number of amides is 1. The van der Waals surface area contributed by atoms with Gasteiger partial charge in [0, 0.05) is 6.20 Å². The highest BCUT2D eigenvalue weighted by molar-refractivity contribution is 7.22. The maximum absolute atomic E-state index is 13.8. The van der Waals surface area contributed by atoms with Crippen LogP contribution >= 0.6 is 11.3 Å². The minimum Gasteiger partial charge on any atom is -0.505 e. The Kier molecular flexibility index (Phi) is 6.83. The number of benzene rings is 2. The maximum atomic E-state index is 13.8. The molecule has 0 radical (unpaired) electrons. The molecule has 1 amide bonds. The second-order valence-electron chi connectivity index (χ2n) is 10.3. The van der Waals surface area contributed by atoms with Gasteiger partial charge in [-0.2, -0.15) is 0 Å². The number of carbonyl (C=O) groups is 2. The van der Waals surface area contributed by atoms with Crippen LogP contribution in [0.2, 0.25) is 0 Å². The van der Waals surface area contributed by atoms with Gasteiger partial charge in [-0.15, -0.1) is 0 Å². The standard InChI is InChI=1S/C32H30N4O4S/c1-5-6-14-40-22-11-9-10-21(17-22)28-25(29(37)27-20(4)33-24-12-7-8-13-35(24)27)30(38)31(39)36(28)32-34-26-19(3)15-18(2)16-23(26)41-32/h7-13,15-17,28,37H,5-6,14H2,1-4H3/b29-25+. The summed E-state index contributed by atoms with van der Waals surface area (Å²) in [5.41, 5.74) is 5.02. The number of aliphatic hydroxyl groups excluding tert-OH is 1. The minimum absolute atomic E-state index is 0.0124. The van der Waals surface area contributed by atoms with Gasteiger partial charge in [0.25, 0.3) is 5.78 Å². The van der Waals surface area contributed by atoms with Crippen molar-refractivity contribution in [2.75, 3.05) is 11.5 Å². The van der Waals surface area contributed by atoms with E-state index < -0.39 is 17.7 Å². The van der Waals surface area contributed by atoms with E-state index in [0.29, 0.717) is 40.1 Å². The first-order chi connectivity index (χ1) is 19.8. The number of hydrogen-bond donors (Lipinski definition) is 1. The maximum Gasteiger partial charge on any atom is 0.301 e. The molecule has 3 aromatic heterocycles. The molecule has 9 heteroatoms. The molecule has 1 N–H and O–H groups in total. The smallest absolute Gasteiger partial charge is 0.301 e. The third kappa shape index (κ3) is 4.56. The molecule has 8 nitrogen and oxygen atoms in total. The fourth-order valence-electron chi connectivity index (χ4n) is 5.44. The predicted octanol–water partition coefficient (Wildman–Crippen LogP) is 6.67. The SMILES string of the molecule is CCCCOc1cccc(C2/C(=C(\O)c3c(C)nc4ccccn34)C(=O)C(=O)N2c2nc3c(C)cc(C)cc3s2)c1. The number of unbranched alkanes of at least 4 members (excludes halogenated alkanes) is 1. The zero-order chi connectivity index (χ0) is 28.8. The van der Waals surface area contributed by atoms with Crippen LogP contribution in [0.15, 0.2) is 66.4 Å². The van der Waals surface area contributed by atoms with E-state index in [4.69, 9.17) is 9.72 Å². The van der Waals surface area contributed by atoms with Crippen LogP contribution in [-0.2, 0) is 9.59 Å². The first-order valence-electron chi connectivity index (χ1n) is 13.6. The first-order valence-corrected chi connectivity index (χ1v) is 14.5. The van der Waals surface area contributed by atoms with Crippen molar-refractivity contribution in [3.8, 4) is 5.75 Å². The van der Waals surface area contributed by atoms with Crippen molar-refractivity contribution in [3.05, 3.63) is 94.4 Å². The highest BCUT2D eigenvalue weighted by atomic mass is 32.1. The van der Waals surface area contributed by atoms with Crippen LogP contribution in [0.5, 0.6) is 5.75 Å². The molecule has 1 aliphatic heterocycles. The number of thiazole rings is 1. The van der Waals surface area contributed by atoms with E-state index in [-0.39, 0.29) is 11.3 Å². The molecule has 0 saturated carbocycles. The van der Waals surface area contributed by atoms with E-state index in [0.717, 1.165) is 34.2 Å². The lowest BCUT2D eigenvalue weighted by molar-refractivity contribution is -0.132. The van der Waals surface area contributed by atoms with Gasteiger partial charge in [-0.3, -0.25) is 18.9 Å². The number of aromatic nitrogens is 3. The average Bonchev–Trinajstić information content (AvgIpc) is 3.60. The summed E-state index contributed by atoms with van der Waals surface area (Å²) in [4.78, 5) is 38.4. The third-order valence-electron chi connectivity index (χ3n) is 7.34. The summed E-state index contributed by atoms with van der Waals surface area (Å²) >= 11 is 1.35. The average molecular weight is 567 g/mol. The van der Waals surface area contributed by atoms with Crippen LogP contribution < -0.4 is 9.64 Å². The fraction of sp³-hybridized carbons (Fsp3) is 0.250. The van der Waals surface area contributed by atoms with Crippen molar-refractivity contribution in [1.29, 1.82) is 0 Å². The van der Waals surface area contributed by atoms with Crippen LogP contribution in [0, 0.1) is 20.8 Å². The Morgan fingerprint density at radius 1 is 1.05 bits per heavy atom. The van der Waals surface area contributed by atoms with Crippen molar-refractivity contribution in [3.63, 3.8) is 0 Å². The largest absolute Gasteiger partial charge is 0.505 e. The molecule has 41 heavy (non-hydrogen) atoms. The van der Waals surface area contributed by atoms with Crippen molar-refractivity contribution < 1.29 is 19.4 Å². The molecule has 0 spiro atoms. The molecule has 2 aromatic carbocycles. The Morgan fingerprint density at radius 3 is 2.68 bits per heavy atom. The number of Topliss-reactive ketones (excluding diaryl/α,β-unsaturated/α-hetero) is 1. The van der Waals surface area contributed by atoms with Gasteiger partial charge in [0.15, 0.2) is 10.9 Å². The van der Waals surface area contributed by atoms with Crippen molar-refractivity contribution in [2.24, 2.45) is 0 Å². The van der Waals surface area contributed by atoms with E-state index in [1.54, 1.807) is 17.5 Å². The number of imidazole rings is 1. The number of pyridine rings is 1. The number of anilines is 1. The Morgan fingerprint density at radius 2 is 1.88 bits per heavy atom. The van der Waals surface area contributed by atoms with Gasteiger partial charge in [0.2, 0.25) is 0 Å². The molecule has 5 aromatic rings. The van der Waals surface area contributed by atoms with Crippen LogP contribution in [0.4, 0.5) is 5.13 Å². The van der Waals surface area contributed by atoms with Gasteiger partial charge in [0.1, 0.15) is 17.1 Å². The lowest BCUT2D eigenvalue weighted by Crippen LogP contribution is -2.29. The van der Waals surface area contributed by atoms with Crippen molar-refractivity contribution >= 4 is 49.8 Å². The number of ether oxygens (including phenoxy) is 1. The molecule has 1 fully saturated rings. The molecule has 4 heterocycles. The quantitative estimate of drug-likeness (QED) is 0.102. The van der Waals surface area contributed by atoms with E-state index in [2.05, 4.69) is 11.9 Å². The first kappa shape index (κ1) is 26.7. The molecular formula is C32H30N4O4S. The Bertz CT molecular complexity index is 1870. The molecule has 1 unspecified atom stereocenters. The number of hydrogen-bond acceptors (Lipinski definition) is 7. The third-order valence-corrected chi connectivity index (χ3v) is 8.34. The number of fused-ring (bicyclic) bond motifs is 2. The molecular weight excluding hydrogens is 536 g/mol. The van der Waals surface area contributed by atoms with Gasteiger partial charge < -0.3 is 9.84 Å². The molecule has 208 valence electrons. The van der Waals surface area contributed by atoms with Crippen LogP contribution in [0.25, 0.3) is 21.6 Å². The molecule has 1 aliphatic rings. The molecule has 6 rings (SSSR count). The zero-order valence-corrected chi connectivity index (χ0v) is 24.2. The molecule has 1 atom stereocenters. The number of nitrogens with zero attached hydrogens (tertiary/aromatic N) is 4. The summed E-state index contributed by atoms with van der Waals surface area (Å²) in [5, 5.41) is 12.2. The summed E-state index contributed by atoms with van der Waals surface area (Å²) in [6.07, 6.45) is 3.67. The van der Waals surface area contributed by atoms with Gasteiger partial charge >= 0.3 is 5.91 Å². The molecule has 0 aliphatic carbocycles. The second-order valence-corrected chi connectivity index (χ2v) is 11.4. The molecule has 0 bridgehead atoms. The van der Waals surface area contributed by atoms with Crippen LogP contribution in [0.3, 0.4) is 0 Å². The summed E-state index contributed by atoms with van der Waals surface area (Å²) in [7, 11) is 0. The summed E-state index contributed by atoms with van der Waals surface area (Å²) < 4.78 is 8.62. The number of carbonyl (C=O) groups excluding carboxylic acids is 2. The topological polar surface area (TPSA) is 97.0 Å². The molecule has 1 saturated heterocycles. The number of aliphatic hydroxyl groups is 1. The lowest BCUT2D eigenvalue weighted by Gasteiger charge is -2.23.